The van der Waals surface area contributed by atoms with Crippen LogP contribution in [0.3, 0.4) is 0 Å². The van der Waals surface area contributed by atoms with Crippen molar-refractivity contribution < 1.29 is 0 Å². The fourth-order valence-corrected chi connectivity index (χ4v) is 2.64. The van der Waals surface area contributed by atoms with Crippen molar-refractivity contribution in [1.29, 1.82) is 0 Å². The number of nitrogens with zero attached hydrogens (tertiary/aromatic N) is 2. The van der Waals surface area contributed by atoms with Gasteiger partial charge < -0.3 is 5.32 Å². The van der Waals surface area contributed by atoms with E-state index in [0.29, 0.717) is 12.1 Å². The Hall–Kier alpha value is -0.450. The van der Waals surface area contributed by atoms with E-state index in [1.165, 1.54) is 5.01 Å². The van der Waals surface area contributed by atoms with E-state index in [2.05, 4.69) is 34.4 Å². The van der Waals surface area contributed by atoms with Crippen LogP contribution in [0.4, 0.5) is 0 Å². The van der Waals surface area contributed by atoms with Gasteiger partial charge in [0.25, 0.3) is 0 Å². The van der Waals surface area contributed by atoms with Crippen molar-refractivity contribution >= 4 is 11.3 Å². The number of aromatic nitrogens is 1. The molecule has 0 bridgehead atoms. The third-order valence-electron chi connectivity index (χ3n) is 2.76. The van der Waals surface area contributed by atoms with Crippen LogP contribution in [-0.4, -0.2) is 35.6 Å². The van der Waals surface area contributed by atoms with Crippen molar-refractivity contribution in [3.05, 3.63) is 16.6 Å². The average Bonchev–Trinajstić information content (AvgIpc) is 2.69. The van der Waals surface area contributed by atoms with Crippen LogP contribution < -0.4 is 5.32 Å². The number of hydrogen-bond donors (Lipinski definition) is 1. The summed E-state index contributed by atoms with van der Waals surface area (Å²) < 4.78 is 0. The number of thiazole rings is 1. The van der Waals surface area contributed by atoms with Crippen molar-refractivity contribution in [3.8, 4) is 0 Å². The Bertz CT molecular complexity index is 273. The Labute approximate surface area is 89.1 Å². The van der Waals surface area contributed by atoms with Crippen LogP contribution in [0.25, 0.3) is 0 Å². The highest BCUT2D eigenvalue weighted by Crippen LogP contribution is 2.22. The minimum absolute atomic E-state index is 0.472. The highest BCUT2D eigenvalue weighted by atomic mass is 32.1. The van der Waals surface area contributed by atoms with Gasteiger partial charge in [-0.3, -0.25) is 4.90 Å². The lowest BCUT2D eigenvalue weighted by atomic mass is 10.2. The van der Waals surface area contributed by atoms with Gasteiger partial charge in [0.15, 0.2) is 0 Å². The monoisotopic (exact) mass is 211 g/mol. The van der Waals surface area contributed by atoms with E-state index in [1.807, 2.05) is 6.20 Å². The second-order valence-electron chi connectivity index (χ2n) is 3.90. The number of nitrogens with one attached hydrogen (secondary N) is 1. The predicted molar refractivity (Wildman–Crippen MR) is 59.6 cm³/mol. The zero-order chi connectivity index (χ0) is 9.97. The molecule has 0 amide bonds. The molecule has 0 spiro atoms. The molecule has 2 heterocycles. The highest BCUT2D eigenvalue weighted by Gasteiger charge is 2.22. The summed E-state index contributed by atoms with van der Waals surface area (Å²) in [5, 5.41) is 6.74. The summed E-state index contributed by atoms with van der Waals surface area (Å²) in [5.74, 6) is 0. The summed E-state index contributed by atoms with van der Waals surface area (Å²) in [6.07, 6.45) is 1.89. The van der Waals surface area contributed by atoms with Gasteiger partial charge in [0.1, 0.15) is 5.01 Å². The third-order valence-corrected chi connectivity index (χ3v) is 3.70. The van der Waals surface area contributed by atoms with Crippen LogP contribution in [0.2, 0.25) is 0 Å². The largest absolute Gasteiger partial charge is 0.312 e. The van der Waals surface area contributed by atoms with Gasteiger partial charge >= 0.3 is 0 Å². The zero-order valence-corrected chi connectivity index (χ0v) is 9.55. The molecule has 1 saturated heterocycles. The molecule has 1 aliphatic rings. The number of piperazine rings is 1. The minimum Gasteiger partial charge on any atom is -0.312 e. The van der Waals surface area contributed by atoms with Crippen LogP contribution in [-0.2, 0) is 0 Å². The van der Waals surface area contributed by atoms with Crippen molar-refractivity contribution in [3.63, 3.8) is 0 Å². The fraction of sp³-hybridized carbons (Fsp3) is 0.700. The lowest BCUT2D eigenvalue weighted by molar-refractivity contribution is 0.158. The van der Waals surface area contributed by atoms with Crippen LogP contribution in [0.15, 0.2) is 11.6 Å². The van der Waals surface area contributed by atoms with Crippen LogP contribution in [0, 0.1) is 0 Å². The van der Waals surface area contributed by atoms with E-state index in [4.69, 9.17) is 0 Å². The second-order valence-corrected chi connectivity index (χ2v) is 4.82. The van der Waals surface area contributed by atoms with E-state index < -0.39 is 0 Å². The summed E-state index contributed by atoms with van der Waals surface area (Å²) in [5.41, 5.74) is 0. The topological polar surface area (TPSA) is 28.2 Å². The Kier molecular flexibility index (Phi) is 3.15. The third kappa shape index (κ3) is 2.13. The molecule has 0 saturated carbocycles. The zero-order valence-electron chi connectivity index (χ0n) is 8.73. The maximum Gasteiger partial charge on any atom is 0.109 e. The Balaban J connectivity index is 2.00. The molecule has 14 heavy (non-hydrogen) atoms. The van der Waals surface area contributed by atoms with E-state index in [0.717, 1.165) is 19.6 Å². The smallest absolute Gasteiger partial charge is 0.109 e. The van der Waals surface area contributed by atoms with Gasteiger partial charge in [0.05, 0.1) is 6.04 Å². The first-order chi connectivity index (χ1) is 6.77. The first-order valence-corrected chi connectivity index (χ1v) is 6.02. The van der Waals surface area contributed by atoms with Crippen molar-refractivity contribution in [2.45, 2.75) is 25.9 Å². The van der Waals surface area contributed by atoms with E-state index in [-0.39, 0.29) is 0 Å². The van der Waals surface area contributed by atoms with Crippen molar-refractivity contribution in [2.24, 2.45) is 0 Å². The highest BCUT2D eigenvalue weighted by molar-refractivity contribution is 7.09. The molecular formula is C10H17N3S. The molecule has 2 atom stereocenters. The first kappa shape index (κ1) is 10.1. The second kappa shape index (κ2) is 4.38. The minimum atomic E-state index is 0.472. The SMILES string of the molecule is C[C@@H]1CN([C@@H](C)c2nccs2)CCN1. The molecule has 1 fully saturated rings. The van der Waals surface area contributed by atoms with Crippen LogP contribution in [0.1, 0.15) is 24.9 Å². The van der Waals surface area contributed by atoms with Gasteiger partial charge in [0, 0.05) is 37.3 Å². The van der Waals surface area contributed by atoms with Gasteiger partial charge in [-0.1, -0.05) is 0 Å². The molecular weight excluding hydrogens is 194 g/mol. The van der Waals surface area contributed by atoms with Gasteiger partial charge in [-0.15, -0.1) is 11.3 Å². The molecule has 0 aromatic carbocycles. The average molecular weight is 211 g/mol. The molecule has 3 nitrogen and oxygen atoms in total. The fourth-order valence-electron chi connectivity index (χ4n) is 1.91. The molecule has 1 N–H and O–H groups in total. The maximum atomic E-state index is 4.37. The Morgan fingerprint density at radius 3 is 3.21 bits per heavy atom. The molecule has 0 unspecified atom stereocenters. The summed E-state index contributed by atoms with van der Waals surface area (Å²) in [6, 6.07) is 1.07. The van der Waals surface area contributed by atoms with Crippen LogP contribution >= 0.6 is 11.3 Å². The van der Waals surface area contributed by atoms with Gasteiger partial charge in [-0.25, -0.2) is 4.98 Å². The molecule has 1 aliphatic heterocycles. The van der Waals surface area contributed by atoms with E-state index in [1.54, 1.807) is 11.3 Å². The normalized spacial score (nSPS) is 26.3. The standard InChI is InChI=1S/C10H17N3S/c1-8-7-13(5-3-11-8)9(2)10-12-4-6-14-10/h4,6,8-9,11H,3,5,7H2,1-2H3/t8-,9+/m1/s1. The van der Waals surface area contributed by atoms with E-state index in [9.17, 15) is 0 Å². The van der Waals surface area contributed by atoms with Crippen LogP contribution in [0.5, 0.6) is 0 Å². The number of rotatable bonds is 2. The first-order valence-electron chi connectivity index (χ1n) is 5.14. The summed E-state index contributed by atoms with van der Waals surface area (Å²) in [7, 11) is 0. The molecule has 0 radical (unpaired) electrons. The van der Waals surface area contributed by atoms with Gasteiger partial charge in [0.2, 0.25) is 0 Å². The van der Waals surface area contributed by atoms with Gasteiger partial charge in [-0.2, -0.15) is 0 Å². The Morgan fingerprint density at radius 1 is 1.71 bits per heavy atom. The quantitative estimate of drug-likeness (QED) is 0.803. The summed E-state index contributed by atoms with van der Waals surface area (Å²) in [4.78, 5) is 6.87. The molecule has 0 aliphatic carbocycles. The van der Waals surface area contributed by atoms with E-state index >= 15 is 0 Å². The molecule has 1 aromatic heterocycles. The van der Waals surface area contributed by atoms with Gasteiger partial charge in [-0.05, 0) is 13.8 Å². The summed E-state index contributed by atoms with van der Waals surface area (Å²) >= 11 is 1.75. The molecule has 1 aromatic rings. The molecule has 78 valence electrons. The lowest BCUT2D eigenvalue weighted by Crippen LogP contribution is -2.49. The Morgan fingerprint density at radius 2 is 2.57 bits per heavy atom. The van der Waals surface area contributed by atoms with Crippen molar-refractivity contribution in [2.75, 3.05) is 19.6 Å². The molecule has 2 rings (SSSR count). The maximum absolute atomic E-state index is 4.37. The predicted octanol–water partition coefficient (Wildman–Crippen LogP) is 1.50. The number of hydrogen-bond acceptors (Lipinski definition) is 4. The molecule has 4 heteroatoms. The summed E-state index contributed by atoms with van der Waals surface area (Å²) in [6.45, 7) is 7.83. The van der Waals surface area contributed by atoms with Crippen molar-refractivity contribution in [1.82, 2.24) is 15.2 Å². The lowest BCUT2D eigenvalue weighted by Gasteiger charge is -2.35.